The van der Waals surface area contributed by atoms with E-state index in [0.717, 1.165) is 0 Å². The maximum atomic E-state index is 11.6. The summed E-state index contributed by atoms with van der Waals surface area (Å²) in [6.45, 7) is 0. The van der Waals surface area contributed by atoms with Crippen molar-refractivity contribution in [1.29, 1.82) is 0 Å². The number of aromatic nitrogens is 3. The van der Waals surface area contributed by atoms with Gasteiger partial charge in [0.2, 0.25) is 0 Å². The van der Waals surface area contributed by atoms with Crippen molar-refractivity contribution >= 4 is 11.6 Å². The van der Waals surface area contributed by atoms with Gasteiger partial charge in [0.25, 0.3) is 0 Å². The van der Waals surface area contributed by atoms with Crippen LogP contribution in [0, 0.1) is 0 Å². The van der Waals surface area contributed by atoms with Gasteiger partial charge in [0.1, 0.15) is 22.8 Å². The van der Waals surface area contributed by atoms with Gasteiger partial charge in [0, 0.05) is 24.0 Å². The number of carboxylic acid groups (broad SMARTS) is 1. The number of hydrogen-bond acceptors (Lipinski definition) is 5. The molecule has 22 heavy (non-hydrogen) atoms. The molecular formula is C15H13N3O4. The molecule has 7 nitrogen and oxygen atoms in total. The average molecular weight is 299 g/mol. The number of methoxy groups -OCH3 is 2. The lowest BCUT2D eigenvalue weighted by molar-refractivity contribution is 0.0699. The number of nitrogens with zero attached hydrogens (tertiary/aromatic N) is 3. The first-order chi connectivity index (χ1) is 10.6. The molecule has 1 N–H and O–H groups in total. The van der Waals surface area contributed by atoms with Crippen LogP contribution in [0.2, 0.25) is 0 Å². The van der Waals surface area contributed by atoms with E-state index in [-0.39, 0.29) is 11.2 Å². The number of hydrogen-bond donors (Lipinski definition) is 1. The van der Waals surface area contributed by atoms with Crippen molar-refractivity contribution in [3.05, 3.63) is 42.2 Å². The van der Waals surface area contributed by atoms with Crippen molar-refractivity contribution < 1.29 is 19.4 Å². The van der Waals surface area contributed by atoms with E-state index in [2.05, 4.69) is 10.1 Å². The predicted molar refractivity (Wildman–Crippen MR) is 78.5 cm³/mol. The van der Waals surface area contributed by atoms with Crippen LogP contribution in [-0.2, 0) is 0 Å². The summed E-state index contributed by atoms with van der Waals surface area (Å²) < 4.78 is 11.9. The molecule has 0 bridgehead atoms. The van der Waals surface area contributed by atoms with Crippen molar-refractivity contribution in [3.8, 4) is 22.8 Å². The molecule has 1 aromatic carbocycles. The van der Waals surface area contributed by atoms with Gasteiger partial charge in [-0.2, -0.15) is 5.10 Å². The third kappa shape index (κ3) is 2.22. The summed E-state index contributed by atoms with van der Waals surface area (Å²) in [4.78, 5) is 15.7. The van der Waals surface area contributed by atoms with Crippen molar-refractivity contribution in [3.63, 3.8) is 0 Å². The quantitative estimate of drug-likeness (QED) is 0.794. The van der Waals surface area contributed by atoms with Crippen molar-refractivity contribution in [2.45, 2.75) is 0 Å². The van der Waals surface area contributed by atoms with Gasteiger partial charge in [0.05, 0.1) is 14.2 Å². The number of fused-ring (bicyclic) bond motifs is 1. The largest absolute Gasteiger partial charge is 0.497 e. The van der Waals surface area contributed by atoms with E-state index in [9.17, 15) is 9.90 Å². The smallest absolute Gasteiger partial charge is 0.341 e. The van der Waals surface area contributed by atoms with E-state index in [1.807, 2.05) is 0 Å². The molecule has 0 saturated carbocycles. The highest BCUT2D eigenvalue weighted by atomic mass is 16.5. The molecule has 0 aliphatic carbocycles. The summed E-state index contributed by atoms with van der Waals surface area (Å²) >= 11 is 0. The molecule has 0 amide bonds. The number of benzene rings is 1. The Kier molecular flexibility index (Phi) is 3.38. The standard InChI is InChI=1S/C15H13N3O4/c1-21-10-6-9(7-11(8-10)22-2)13-12(15(19)20)14-16-4-3-5-18(14)17-13/h3-8H,1-2H3,(H,19,20). The summed E-state index contributed by atoms with van der Waals surface area (Å²) in [5.74, 6) is 0.0110. The molecule has 0 saturated heterocycles. The van der Waals surface area contributed by atoms with Gasteiger partial charge in [-0.15, -0.1) is 0 Å². The maximum absolute atomic E-state index is 11.6. The number of carbonyl (C=O) groups is 1. The second kappa shape index (κ2) is 5.36. The van der Waals surface area contributed by atoms with Gasteiger partial charge in [0.15, 0.2) is 5.65 Å². The summed E-state index contributed by atoms with van der Waals surface area (Å²) in [5.41, 5.74) is 1.21. The Balaban J connectivity index is 2.30. The molecule has 2 aromatic heterocycles. The number of carboxylic acids is 1. The van der Waals surface area contributed by atoms with E-state index in [4.69, 9.17) is 9.47 Å². The van der Waals surface area contributed by atoms with Gasteiger partial charge < -0.3 is 14.6 Å². The van der Waals surface area contributed by atoms with Crippen LogP contribution in [0.4, 0.5) is 0 Å². The zero-order valence-corrected chi connectivity index (χ0v) is 12.0. The first-order valence-corrected chi connectivity index (χ1v) is 6.44. The van der Waals surface area contributed by atoms with Crippen LogP contribution in [0.5, 0.6) is 11.5 Å². The van der Waals surface area contributed by atoms with Crippen molar-refractivity contribution in [1.82, 2.24) is 14.6 Å². The zero-order chi connectivity index (χ0) is 15.7. The normalized spacial score (nSPS) is 10.6. The molecule has 3 rings (SSSR count). The lowest BCUT2D eigenvalue weighted by atomic mass is 10.1. The van der Waals surface area contributed by atoms with Gasteiger partial charge >= 0.3 is 5.97 Å². The molecule has 0 spiro atoms. The van der Waals surface area contributed by atoms with E-state index in [1.165, 1.54) is 24.9 Å². The molecule has 0 fully saturated rings. The first-order valence-electron chi connectivity index (χ1n) is 6.44. The van der Waals surface area contributed by atoms with E-state index in [1.54, 1.807) is 30.5 Å². The monoisotopic (exact) mass is 299 g/mol. The molecule has 0 radical (unpaired) electrons. The third-order valence-electron chi connectivity index (χ3n) is 3.23. The Hall–Kier alpha value is -3.09. The second-order valence-electron chi connectivity index (χ2n) is 4.52. The van der Waals surface area contributed by atoms with Crippen LogP contribution >= 0.6 is 0 Å². The summed E-state index contributed by atoms with van der Waals surface area (Å²) in [7, 11) is 3.06. The molecule has 0 aliphatic heterocycles. The minimum atomic E-state index is -1.09. The molecular weight excluding hydrogens is 286 g/mol. The molecule has 0 aliphatic rings. The van der Waals surface area contributed by atoms with Crippen LogP contribution in [0.15, 0.2) is 36.7 Å². The number of rotatable bonds is 4. The minimum absolute atomic E-state index is 0.0379. The molecule has 112 valence electrons. The van der Waals surface area contributed by atoms with Crippen molar-refractivity contribution in [2.24, 2.45) is 0 Å². The average Bonchev–Trinajstić information content (AvgIpc) is 2.94. The van der Waals surface area contributed by atoms with Gasteiger partial charge in [-0.05, 0) is 18.2 Å². The van der Waals surface area contributed by atoms with Crippen molar-refractivity contribution in [2.75, 3.05) is 14.2 Å². The van der Waals surface area contributed by atoms with Gasteiger partial charge in [-0.1, -0.05) is 0 Å². The fourth-order valence-corrected chi connectivity index (χ4v) is 2.23. The number of ether oxygens (including phenoxy) is 2. The first kappa shape index (κ1) is 13.9. The molecule has 2 heterocycles. The Morgan fingerprint density at radius 3 is 2.45 bits per heavy atom. The van der Waals surface area contributed by atoms with Crippen LogP contribution in [0.25, 0.3) is 16.9 Å². The number of aromatic carboxylic acids is 1. The Morgan fingerprint density at radius 1 is 1.18 bits per heavy atom. The summed E-state index contributed by atoms with van der Waals surface area (Å²) in [6, 6.07) is 6.80. The van der Waals surface area contributed by atoms with E-state index >= 15 is 0 Å². The highest BCUT2D eigenvalue weighted by Crippen LogP contribution is 2.32. The Bertz CT molecular complexity index is 835. The topological polar surface area (TPSA) is 86.0 Å². The van der Waals surface area contributed by atoms with E-state index < -0.39 is 5.97 Å². The third-order valence-corrected chi connectivity index (χ3v) is 3.23. The lowest BCUT2D eigenvalue weighted by Crippen LogP contribution is -1.99. The SMILES string of the molecule is COc1cc(OC)cc(-c2nn3cccnc3c2C(=O)O)c1. The van der Waals surface area contributed by atoms with Crippen LogP contribution in [-0.4, -0.2) is 39.9 Å². The van der Waals surface area contributed by atoms with Crippen LogP contribution in [0.3, 0.4) is 0 Å². The fraction of sp³-hybridized carbons (Fsp3) is 0.133. The van der Waals surface area contributed by atoms with Gasteiger partial charge in [-0.25, -0.2) is 14.3 Å². The van der Waals surface area contributed by atoms with Crippen LogP contribution in [0.1, 0.15) is 10.4 Å². The molecule has 3 aromatic rings. The van der Waals surface area contributed by atoms with Gasteiger partial charge in [-0.3, -0.25) is 0 Å². The van der Waals surface area contributed by atoms with E-state index in [0.29, 0.717) is 22.8 Å². The minimum Gasteiger partial charge on any atom is -0.497 e. The highest BCUT2D eigenvalue weighted by molar-refractivity contribution is 6.01. The fourth-order valence-electron chi connectivity index (χ4n) is 2.23. The lowest BCUT2D eigenvalue weighted by Gasteiger charge is -2.07. The highest BCUT2D eigenvalue weighted by Gasteiger charge is 2.22. The molecule has 0 unspecified atom stereocenters. The summed E-state index contributed by atoms with van der Waals surface area (Å²) in [5, 5.41) is 13.8. The molecule has 0 atom stereocenters. The zero-order valence-electron chi connectivity index (χ0n) is 12.0. The second-order valence-corrected chi connectivity index (χ2v) is 4.52. The summed E-state index contributed by atoms with van der Waals surface area (Å²) in [6.07, 6.45) is 3.18. The molecule has 7 heteroatoms. The maximum Gasteiger partial charge on any atom is 0.341 e. The predicted octanol–water partition coefficient (Wildman–Crippen LogP) is 2.11. The Morgan fingerprint density at radius 2 is 1.86 bits per heavy atom. The Labute approximate surface area is 125 Å². The van der Waals surface area contributed by atoms with Crippen LogP contribution < -0.4 is 9.47 Å².